The molecule has 0 aliphatic heterocycles. The third kappa shape index (κ3) is 79.3. The van der Waals surface area contributed by atoms with Gasteiger partial charge in [0, 0.05) is 13.3 Å². The van der Waals surface area contributed by atoms with E-state index in [1.165, 1.54) is 6.92 Å². The second-order valence-electron chi connectivity index (χ2n) is 1.81. The molecule has 0 bridgehead atoms. The molecule has 3 N–H and O–H groups in total. The Balaban J connectivity index is -0.000000138. The Morgan fingerprint density at radius 2 is 1.71 bits per heavy atom. The van der Waals surface area contributed by atoms with Crippen molar-refractivity contribution < 1.29 is 24.2 Å². The number of primary amides is 1. The lowest BCUT2D eigenvalue weighted by molar-refractivity contribution is -0.140. The smallest absolute Gasteiger partial charge is 0.303 e. The zero-order valence-electron chi connectivity index (χ0n) is 8.65. The molecular weight excluding hydrogens is 190 g/mol. The highest BCUT2D eigenvalue weighted by Crippen LogP contribution is 1.69. The minimum absolute atomic E-state index is 0.211. The van der Waals surface area contributed by atoms with Crippen molar-refractivity contribution in [1.29, 1.82) is 0 Å². The third-order valence-electron chi connectivity index (χ3n) is 0.650. The second-order valence-corrected chi connectivity index (χ2v) is 1.81. The van der Waals surface area contributed by atoms with Gasteiger partial charge >= 0.3 is 11.9 Å². The van der Waals surface area contributed by atoms with Crippen LogP contribution in [0.5, 0.6) is 0 Å². The van der Waals surface area contributed by atoms with E-state index in [-0.39, 0.29) is 18.8 Å². The molecule has 6 nitrogen and oxygen atoms in total. The van der Waals surface area contributed by atoms with E-state index < -0.39 is 5.97 Å². The second kappa shape index (κ2) is 17.5. The number of aliphatic carboxylic acids is 1. The fourth-order valence-corrected chi connectivity index (χ4v) is 0.203. The molecule has 1 amide bonds. The molecule has 0 atom stereocenters. The number of carbonyl (C=O) groups is 3. The molecule has 6 heteroatoms. The third-order valence-corrected chi connectivity index (χ3v) is 0.650. The first-order valence-corrected chi connectivity index (χ1v) is 3.96. The molecule has 0 spiro atoms. The maximum Gasteiger partial charge on any atom is 0.303 e. The standard InChI is InChI=1S/C4H8O2.C3H6O2.CH3NO/c1-3-6-4(2)5;1-2-3(4)5;2-1-3/h3H2,1-2H3;2H2,1H3,(H,4,5);1H,(H2,2,3). The number of hydrogen-bond acceptors (Lipinski definition) is 4. The quantitative estimate of drug-likeness (QED) is 0.495. The molecule has 0 heterocycles. The normalized spacial score (nSPS) is 6.79. The number of carbonyl (C=O) groups excluding carboxylic acids is 2. The summed E-state index contributed by atoms with van der Waals surface area (Å²) in [4.78, 5) is 27.8. The molecule has 0 aliphatic carbocycles. The van der Waals surface area contributed by atoms with Crippen LogP contribution in [0.3, 0.4) is 0 Å². The Morgan fingerprint density at radius 3 is 1.71 bits per heavy atom. The van der Waals surface area contributed by atoms with Gasteiger partial charge in [-0.1, -0.05) is 6.92 Å². The van der Waals surface area contributed by atoms with Gasteiger partial charge in [-0.2, -0.15) is 0 Å². The largest absolute Gasteiger partial charge is 0.481 e. The van der Waals surface area contributed by atoms with E-state index in [1.807, 2.05) is 0 Å². The van der Waals surface area contributed by atoms with Crippen LogP contribution in [0, 0.1) is 0 Å². The number of nitrogens with two attached hydrogens (primary N) is 1. The van der Waals surface area contributed by atoms with Gasteiger partial charge in [0.25, 0.3) is 0 Å². The Kier molecular flexibility index (Phi) is 22.8. The molecular formula is C8H17NO5. The van der Waals surface area contributed by atoms with E-state index in [4.69, 9.17) is 9.90 Å². The van der Waals surface area contributed by atoms with Crippen molar-refractivity contribution in [2.24, 2.45) is 5.73 Å². The molecule has 84 valence electrons. The molecule has 0 radical (unpaired) electrons. The molecule has 0 aliphatic rings. The zero-order chi connectivity index (χ0) is 12.0. The first-order chi connectivity index (χ1) is 6.45. The number of carboxylic acid groups (broad SMARTS) is 1. The van der Waals surface area contributed by atoms with Crippen LogP contribution in [0.25, 0.3) is 0 Å². The lowest BCUT2D eigenvalue weighted by atomic mass is 10.5. The predicted octanol–water partition coefficient (Wildman–Crippen LogP) is 0.152. The summed E-state index contributed by atoms with van der Waals surface area (Å²) in [6, 6.07) is 0. The Bertz CT molecular complexity index is 158. The summed E-state index contributed by atoms with van der Waals surface area (Å²) in [5, 5.41) is 7.72. The van der Waals surface area contributed by atoms with Crippen molar-refractivity contribution in [3.63, 3.8) is 0 Å². The van der Waals surface area contributed by atoms with E-state index in [9.17, 15) is 9.59 Å². The first-order valence-electron chi connectivity index (χ1n) is 3.96. The van der Waals surface area contributed by atoms with E-state index in [0.717, 1.165) is 0 Å². The summed E-state index contributed by atoms with van der Waals surface area (Å²) in [6.07, 6.45) is 0.472. The molecule has 0 aromatic rings. The van der Waals surface area contributed by atoms with E-state index in [1.54, 1.807) is 13.8 Å². The number of esters is 1. The maximum absolute atomic E-state index is 9.82. The van der Waals surface area contributed by atoms with Crippen molar-refractivity contribution >= 4 is 18.3 Å². The first kappa shape index (κ1) is 18.2. The highest BCUT2D eigenvalue weighted by atomic mass is 16.5. The molecule has 0 aromatic carbocycles. The monoisotopic (exact) mass is 207 g/mol. The van der Waals surface area contributed by atoms with Crippen molar-refractivity contribution in [2.75, 3.05) is 6.61 Å². The fourth-order valence-electron chi connectivity index (χ4n) is 0.203. The van der Waals surface area contributed by atoms with Crippen molar-refractivity contribution in [3.05, 3.63) is 0 Å². The van der Waals surface area contributed by atoms with Crippen LogP contribution in [0.1, 0.15) is 27.2 Å². The number of rotatable bonds is 2. The van der Waals surface area contributed by atoms with Crippen LogP contribution in [0.4, 0.5) is 0 Å². The number of hydrogen-bond donors (Lipinski definition) is 2. The van der Waals surface area contributed by atoms with Crippen LogP contribution < -0.4 is 5.73 Å². The summed E-state index contributed by atoms with van der Waals surface area (Å²) in [5.74, 6) is -0.956. The van der Waals surface area contributed by atoms with Gasteiger partial charge in [-0.15, -0.1) is 0 Å². The lowest BCUT2D eigenvalue weighted by Crippen LogP contribution is -1.95. The highest BCUT2D eigenvalue weighted by Gasteiger charge is 1.81. The number of amides is 1. The van der Waals surface area contributed by atoms with Crippen LogP contribution >= 0.6 is 0 Å². The minimum Gasteiger partial charge on any atom is -0.481 e. The van der Waals surface area contributed by atoms with Gasteiger partial charge in [0.1, 0.15) is 0 Å². The van der Waals surface area contributed by atoms with Crippen molar-refractivity contribution in [2.45, 2.75) is 27.2 Å². The van der Waals surface area contributed by atoms with E-state index in [2.05, 4.69) is 10.5 Å². The molecule has 0 rings (SSSR count). The van der Waals surface area contributed by atoms with Gasteiger partial charge in [0.15, 0.2) is 0 Å². The summed E-state index contributed by atoms with van der Waals surface area (Å²) >= 11 is 0. The van der Waals surface area contributed by atoms with Crippen molar-refractivity contribution in [1.82, 2.24) is 0 Å². The maximum atomic E-state index is 9.82. The van der Waals surface area contributed by atoms with Crippen LogP contribution in [-0.2, 0) is 19.1 Å². The topological polar surface area (TPSA) is 107 Å². The molecule has 0 unspecified atom stereocenters. The summed E-state index contributed by atoms with van der Waals surface area (Å²) in [6.45, 7) is 5.25. The molecule has 0 aromatic heterocycles. The number of carboxylic acids is 1. The van der Waals surface area contributed by atoms with E-state index in [0.29, 0.717) is 6.61 Å². The average molecular weight is 207 g/mol. The van der Waals surface area contributed by atoms with Gasteiger partial charge in [-0.3, -0.25) is 14.4 Å². The van der Waals surface area contributed by atoms with Crippen LogP contribution in [0.2, 0.25) is 0 Å². The fraction of sp³-hybridized carbons (Fsp3) is 0.625. The summed E-state index contributed by atoms with van der Waals surface area (Å²) < 4.78 is 4.40. The molecule has 0 saturated heterocycles. The molecule has 0 saturated carbocycles. The van der Waals surface area contributed by atoms with Gasteiger partial charge in [0.05, 0.1) is 6.61 Å². The van der Waals surface area contributed by atoms with Gasteiger partial charge in [-0.05, 0) is 6.92 Å². The SMILES string of the molecule is CCC(=O)O.CCOC(C)=O.NC=O. The Labute approximate surface area is 83.0 Å². The Hall–Kier alpha value is -1.59. The average Bonchev–Trinajstić information content (AvgIpc) is 2.06. The van der Waals surface area contributed by atoms with Gasteiger partial charge in [0.2, 0.25) is 6.41 Å². The molecule has 14 heavy (non-hydrogen) atoms. The summed E-state index contributed by atoms with van der Waals surface area (Å²) in [5.41, 5.74) is 4.17. The Morgan fingerprint density at radius 1 is 1.43 bits per heavy atom. The van der Waals surface area contributed by atoms with Crippen molar-refractivity contribution in [3.8, 4) is 0 Å². The van der Waals surface area contributed by atoms with Gasteiger partial charge < -0.3 is 15.6 Å². The van der Waals surface area contributed by atoms with Crippen LogP contribution in [0.15, 0.2) is 0 Å². The van der Waals surface area contributed by atoms with Gasteiger partial charge in [-0.25, -0.2) is 0 Å². The van der Waals surface area contributed by atoms with Crippen LogP contribution in [-0.4, -0.2) is 30.1 Å². The molecule has 0 fully saturated rings. The lowest BCUT2D eigenvalue weighted by Gasteiger charge is -1.89. The predicted molar refractivity (Wildman–Crippen MR) is 50.5 cm³/mol. The van der Waals surface area contributed by atoms with E-state index >= 15 is 0 Å². The summed E-state index contributed by atoms with van der Waals surface area (Å²) in [7, 11) is 0. The number of ether oxygens (including phenoxy) is 1. The minimum atomic E-state index is -0.745. The zero-order valence-corrected chi connectivity index (χ0v) is 8.65. The highest BCUT2D eigenvalue weighted by molar-refractivity contribution is 5.66.